The molecule has 4 aliphatic heterocycles. The Morgan fingerprint density at radius 3 is 2.13 bits per heavy atom. The van der Waals surface area contributed by atoms with E-state index < -0.39 is 163 Å². The number of aliphatic hydroxyl groups is 10. The molecule has 13 bridgehead atoms. The van der Waals surface area contributed by atoms with Crippen molar-refractivity contribution < 1.29 is 103 Å². The fraction of sp³-hybridized carbons (Fsp3) is 0.798. The minimum Gasteiger partial charge on any atom is -0.455 e. The number of rotatable bonds is 11. The molecule has 0 amide bonds. The van der Waals surface area contributed by atoms with Gasteiger partial charge in [0.25, 0.3) is 0 Å². The fourth-order valence-electron chi connectivity index (χ4n) is 29.8. The first-order chi connectivity index (χ1) is 50.8. The number of piperidine rings is 1. The Balaban J connectivity index is 0.000000129. The number of hydrogen-bond acceptors (Lipinski definition) is 23. The van der Waals surface area contributed by atoms with Crippen molar-refractivity contribution in [1.82, 2.24) is 14.8 Å². The van der Waals surface area contributed by atoms with Gasteiger partial charge in [-0.15, -0.1) is 0 Å². The molecule has 24 heteroatoms. The van der Waals surface area contributed by atoms with Crippen LogP contribution in [0.4, 0.5) is 0 Å². The zero-order chi connectivity index (χ0) is 77.7. The van der Waals surface area contributed by atoms with Gasteiger partial charge < -0.3 is 98.8 Å². The van der Waals surface area contributed by atoms with Crippen molar-refractivity contribution >= 4 is 17.9 Å². The summed E-state index contributed by atoms with van der Waals surface area (Å²) in [5.74, 6) is -4.76. The number of nitrogens with zero attached hydrogens (tertiary/aromatic N) is 2. The molecule has 13 aliphatic carbocycles. The van der Waals surface area contributed by atoms with Gasteiger partial charge in [-0.1, -0.05) is 71.9 Å². The molecule has 11 saturated carbocycles. The van der Waals surface area contributed by atoms with E-state index in [9.17, 15) is 65.4 Å². The number of aliphatic hydroxyl groups excluding tert-OH is 6. The number of benzene rings is 1. The maximum absolute atomic E-state index is 13.7. The summed E-state index contributed by atoms with van der Waals surface area (Å²) in [6.45, 7) is 24.3. The molecule has 11 N–H and O–H groups in total. The Bertz CT molecular complexity index is 3940. The van der Waals surface area contributed by atoms with E-state index in [2.05, 4.69) is 61.7 Å². The molecule has 8 unspecified atom stereocenters. The Hall–Kier alpha value is -4.29. The number of hydrogen-bond donors (Lipinski definition) is 11. The molecule has 3 spiro atoms. The van der Waals surface area contributed by atoms with Crippen molar-refractivity contribution in [2.24, 2.45) is 85.8 Å². The van der Waals surface area contributed by atoms with E-state index in [0.717, 1.165) is 48.2 Å². The first-order valence-electron chi connectivity index (χ1n) is 40.4. The Morgan fingerprint density at radius 1 is 0.769 bits per heavy atom. The van der Waals surface area contributed by atoms with Crippen LogP contribution in [0.3, 0.4) is 0 Å². The summed E-state index contributed by atoms with van der Waals surface area (Å²) >= 11 is 0. The summed E-state index contributed by atoms with van der Waals surface area (Å²) < 4.78 is 51.4. The molecule has 24 nitrogen and oxygen atoms in total. The molecule has 108 heavy (non-hydrogen) atoms. The van der Waals surface area contributed by atoms with Crippen molar-refractivity contribution in [1.29, 1.82) is 0 Å². The predicted octanol–water partition coefficient (Wildman–Crippen LogP) is 5.63. The van der Waals surface area contributed by atoms with Gasteiger partial charge in [0.1, 0.15) is 46.8 Å². The molecule has 1 aromatic heterocycles. The van der Waals surface area contributed by atoms with Crippen LogP contribution in [0.5, 0.6) is 0 Å². The monoisotopic (exact) mass is 1510 g/mol. The van der Waals surface area contributed by atoms with Crippen LogP contribution in [0.1, 0.15) is 178 Å². The van der Waals surface area contributed by atoms with Crippen LogP contribution in [0.2, 0.25) is 0 Å². The van der Waals surface area contributed by atoms with E-state index >= 15 is 0 Å². The van der Waals surface area contributed by atoms with E-state index in [1.54, 1.807) is 51.5 Å². The minimum absolute atomic E-state index is 0.0827. The topological polar surface area (TPSA) is 350 Å². The van der Waals surface area contributed by atoms with Gasteiger partial charge in [0, 0.05) is 141 Å². The van der Waals surface area contributed by atoms with Crippen molar-refractivity contribution in [3.8, 4) is 0 Å². The lowest BCUT2D eigenvalue weighted by molar-refractivity contribution is -0.401. The van der Waals surface area contributed by atoms with Gasteiger partial charge in [-0.3, -0.25) is 9.69 Å². The second-order valence-electron chi connectivity index (χ2n) is 38.0. The van der Waals surface area contributed by atoms with Crippen LogP contribution in [0, 0.1) is 99.6 Å². The number of carbonyl (C=O) groups excluding carboxylic acids is 3. The van der Waals surface area contributed by atoms with Crippen molar-refractivity contribution in [2.75, 3.05) is 61.2 Å². The van der Waals surface area contributed by atoms with Gasteiger partial charge in [-0.25, -0.2) is 9.59 Å². The highest BCUT2D eigenvalue weighted by atomic mass is 16.7. The molecule has 4 saturated heterocycles. The molecule has 17 aliphatic rings. The average molecular weight is 1510 g/mol. The maximum Gasteiger partial charge on any atom is 0.340 e. The first-order valence-corrected chi connectivity index (χ1v) is 40.4. The SMILES string of the molecule is CCN1CC2(CC)C3C(OC)C4C1C3(C1C[C@@]3(O)[C@H](OC(=O)c5ccccc5)[C@@H]1[C@]4(OC(C)=O)[C@@H](O)[C@@H]3OC)[C@@H](OC)C[C@H]2O.C[C@H]1[C@@H]2C[C@@H]3[C@@H](O)[C@@]2(C[C@@H](O)[C@@]2(O)[C@H]1C[C@H](O)C2(C)C)C[C@@]3(C)O.Cc1c[nH]c(C)c1C(=O)O[C@@H](C)C1=CC[C@@]23OCCN(C)CC12C[C@@H](O)[C@]12O[C@@]4(O)CC[C@@]1(C)[C@H](CC=C32)C4. The number of likely N-dealkylation sites (tertiary alicyclic amines) is 1. The van der Waals surface area contributed by atoms with Crippen LogP contribution in [-0.4, -0.2) is 257 Å². The van der Waals surface area contributed by atoms with Crippen molar-refractivity contribution in [3.05, 3.63) is 82.2 Å². The average Bonchev–Trinajstić information content (AvgIpc) is 1.36. The number of H-pyrrole nitrogens is 1. The van der Waals surface area contributed by atoms with Crippen LogP contribution < -0.4 is 0 Å². The molecule has 33 atom stereocenters. The summed E-state index contributed by atoms with van der Waals surface area (Å²) in [6, 6.07) is 8.29. The smallest absolute Gasteiger partial charge is 0.340 e. The minimum atomic E-state index is -1.80. The second-order valence-corrected chi connectivity index (χ2v) is 38.0. The second kappa shape index (κ2) is 25.4. The molecule has 5 heterocycles. The molecular weight excluding hydrogens is 1390 g/mol. The standard InChI is InChI=1S/C34H47NO10.C31H42N2O6.C19H32O5/c1-7-31-16-35(8-2)26-23-24(42-5)25(31)33(26,21(41-4)14-20(31)37)19-15-32(40)28(44-30(39)18-12-10-9-11-13-18)22(19)34(23,45-17(3)36)27(38)29(32)43-6;1-18-16-32-19(2)25(18)26(35)38-20(3)22-8-9-30-23-7-6-21-14-29(36)11-10-27(21,4)31(23,39-29)24(34)15-28(22,30)17-33(5)12-13-37-30;1-9-10-5-12-15(22)18(10,8-17(12,4)23)7-14(21)19(24)11(9)6-13(20)16(19,2)3/h9-13,19-29,37-38,40H,7-8,14-16H2,1-6H3;7-8,16,20-21,24,32,34,36H,6,9-15,17H2,1-5H3;9-15,20-24H,5-8H2,1-4H3/t19?,20-,21+,22-,23?,24?,25?,26?,27+,28-,29+,31?,32-,33?,34-;20-,21+,24+,27-,28?,29-,30-,31-;9-,10-,11-,12+,13-,14+,15+,17+,18-,19-/m100/s1. The summed E-state index contributed by atoms with van der Waals surface area (Å²) in [5.41, 5.74) is -6.36. The third-order valence-corrected chi connectivity index (χ3v) is 34.0. The number of allylic oxidation sites excluding steroid dienone is 1. The number of nitrogens with one attached hydrogen (secondary N) is 1. The summed E-state index contributed by atoms with van der Waals surface area (Å²) in [6.07, 6.45) is 4.21. The van der Waals surface area contributed by atoms with Crippen molar-refractivity contribution in [3.63, 3.8) is 0 Å². The van der Waals surface area contributed by atoms with Gasteiger partial charge in [0.2, 0.25) is 0 Å². The largest absolute Gasteiger partial charge is 0.455 e. The lowest BCUT2D eigenvalue weighted by Crippen LogP contribution is -2.81. The van der Waals surface area contributed by atoms with E-state index in [4.69, 9.17) is 37.9 Å². The highest BCUT2D eigenvalue weighted by Gasteiger charge is 2.93. The van der Waals surface area contributed by atoms with Crippen LogP contribution in [0.15, 0.2) is 59.8 Å². The number of aromatic nitrogens is 1. The molecule has 2 aromatic rings. The number of aryl methyl sites for hydroxylation is 2. The number of fused-ring (bicyclic) bond motifs is 5. The van der Waals surface area contributed by atoms with Gasteiger partial charge in [0.05, 0.1) is 66.1 Å². The van der Waals surface area contributed by atoms with E-state index in [0.29, 0.717) is 95.2 Å². The van der Waals surface area contributed by atoms with E-state index in [-0.39, 0.29) is 59.4 Å². The van der Waals surface area contributed by atoms with Crippen LogP contribution in [-0.2, 0) is 42.7 Å². The normalized spacial score (nSPS) is 51.9. The Morgan fingerprint density at radius 2 is 1.49 bits per heavy atom. The number of esters is 3. The lowest BCUT2D eigenvalue weighted by Gasteiger charge is -2.73. The van der Waals surface area contributed by atoms with Crippen LogP contribution in [0.25, 0.3) is 0 Å². The predicted molar refractivity (Wildman–Crippen MR) is 391 cm³/mol. The Kier molecular flexibility index (Phi) is 18.2. The summed E-state index contributed by atoms with van der Waals surface area (Å²) in [5, 5.41) is 116. The zero-order valence-electron chi connectivity index (χ0n) is 65.8. The number of carbonyl (C=O) groups is 3. The molecule has 598 valence electrons. The number of aromatic amines is 1. The summed E-state index contributed by atoms with van der Waals surface area (Å²) in [7, 11) is 6.81. The molecule has 1 aromatic carbocycles. The molecular formula is C84H121N3O21. The highest BCUT2D eigenvalue weighted by Crippen LogP contribution is 2.82. The molecule has 19 rings (SSSR count). The van der Waals surface area contributed by atoms with Crippen LogP contribution >= 0.6 is 0 Å². The third kappa shape index (κ3) is 9.43. The van der Waals surface area contributed by atoms with Gasteiger partial charge in [-0.05, 0) is 164 Å². The number of ether oxygens (including phenoxy) is 8. The molecule has 15 fully saturated rings. The zero-order valence-corrected chi connectivity index (χ0v) is 65.8. The van der Waals surface area contributed by atoms with Gasteiger partial charge >= 0.3 is 17.9 Å². The van der Waals surface area contributed by atoms with E-state index in [1.165, 1.54) is 14.0 Å². The maximum atomic E-state index is 13.7. The van der Waals surface area contributed by atoms with Gasteiger partial charge in [0.15, 0.2) is 11.4 Å². The summed E-state index contributed by atoms with van der Waals surface area (Å²) in [4.78, 5) is 48.0. The van der Waals surface area contributed by atoms with Crippen molar-refractivity contribution in [2.45, 2.75) is 272 Å². The van der Waals surface area contributed by atoms with Gasteiger partial charge in [-0.2, -0.15) is 0 Å². The third-order valence-electron chi connectivity index (χ3n) is 34.0. The highest BCUT2D eigenvalue weighted by molar-refractivity contribution is 5.92. The first kappa shape index (κ1) is 77.6. The fourth-order valence-corrected chi connectivity index (χ4v) is 29.8. The Labute approximate surface area is 634 Å². The van der Waals surface area contributed by atoms with E-state index in [1.807, 2.05) is 40.8 Å². The molecule has 0 radical (unpaired) electrons. The quantitative estimate of drug-likeness (QED) is 0.0738. The number of likely N-dealkylation sites (N-methyl/N-ethyl adjacent to an activating group) is 1. The lowest BCUT2D eigenvalue weighted by atomic mass is 9.41. The number of methoxy groups -OCH3 is 3.